The van der Waals surface area contributed by atoms with E-state index in [0.717, 1.165) is 25.7 Å². The van der Waals surface area contributed by atoms with Crippen molar-refractivity contribution in [3.05, 3.63) is 0 Å². The van der Waals surface area contributed by atoms with E-state index in [9.17, 15) is 9.59 Å². The molecule has 1 saturated heterocycles. The second kappa shape index (κ2) is 5.07. The van der Waals surface area contributed by atoms with Crippen molar-refractivity contribution in [1.29, 1.82) is 0 Å². The van der Waals surface area contributed by atoms with E-state index in [4.69, 9.17) is 5.73 Å². The fraction of sp³-hybridized carbons (Fsp3) is 0.750. The SMILES string of the molecule is CN(C)C(N)=NCCN1C(=O)NC2(CCCC2)C1=O. The zero-order valence-corrected chi connectivity index (χ0v) is 11.5. The number of guanidine groups is 1. The minimum Gasteiger partial charge on any atom is -0.370 e. The van der Waals surface area contributed by atoms with Crippen molar-refractivity contribution in [3.8, 4) is 0 Å². The van der Waals surface area contributed by atoms with E-state index in [1.54, 1.807) is 19.0 Å². The standard InChI is InChI=1S/C12H21N5O2/c1-16(2)10(13)14-7-8-17-9(18)12(15-11(17)19)5-3-4-6-12/h3-8H2,1-2H3,(H2,13,14)(H,15,19). The molecule has 106 valence electrons. The molecule has 7 heteroatoms. The van der Waals surface area contributed by atoms with Gasteiger partial charge in [0, 0.05) is 14.1 Å². The number of urea groups is 1. The van der Waals surface area contributed by atoms with Gasteiger partial charge in [0.25, 0.3) is 5.91 Å². The molecule has 0 radical (unpaired) electrons. The summed E-state index contributed by atoms with van der Waals surface area (Å²) in [4.78, 5) is 31.2. The van der Waals surface area contributed by atoms with E-state index < -0.39 is 5.54 Å². The van der Waals surface area contributed by atoms with Crippen LogP contribution in [0.5, 0.6) is 0 Å². The number of amides is 3. The topological polar surface area (TPSA) is 91.0 Å². The maximum absolute atomic E-state index is 12.3. The number of nitrogens with one attached hydrogen (secondary N) is 1. The first-order chi connectivity index (χ1) is 8.96. The maximum atomic E-state index is 12.3. The minimum atomic E-state index is -0.631. The van der Waals surface area contributed by atoms with Gasteiger partial charge in [-0.1, -0.05) is 12.8 Å². The first-order valence-corrected chi connectivity index (χ1v) is 6.58. The lowest BCUT2D eigenvalue weighted by atomic mass is 9.98. The van der Waals surface area contributed by atoms with E-state index in [-0.39, 0.29) is 18.5 Å². The van der Waals surface area contributed by atoms with Crippen LogP contribution in [0.25, 0.3) is 0 Å². The number of carbonyl (C=O) groups excluding carboxylic acids is 2. The molecule has 0 atom stereocenters. The third-order valence-electron chi connectivity index (χ3n) is 3.76. The van der Waals surface area contributed by atoms with E-state index in [1.165, 1.54) is 4.90 Å². The Kier molecular flexibility index (Phi) is 3.64. The molecule has 0 aromatic rings. The molecule has 1 saturated carbocycles. The first kappa shape index (κ1) is 13.6. The van der Waals surface area contributed by atoms with E-state index in [0.29, 0.717) is 12.5 Å². The molecule has 1 heterocycles. The van der Waals surface area contributed by atoms with Crippen molar-refractivity contribution in [1.82, 2.24) is 15.1 Å². The summed E-state index contributed by atoms with van der Waals surface area (Å²) in [5, 5.41) is 2.84. The summed E-state index contributed by atoms with van der Waals surface area (Å²) in [5.74, 6) is 0.288. The number of nitrogens with zero attached hydrogens (tertiary/aromatic N) is 3. The smallest absolute Gasteiger partial charge is 0.325 e. The maximum Gasteiger partial charge on any atom is 0.325 e. The molecule has 0 aromatic carbocycles. The predicted octanol–water partition coefficient (Wildman–Crippen LogP) is -0.273. The molecule has 2 aliphatic rings. The van der Waals surface area contributed by atoms with E-state index in [2.05, 4.69) is 10.3 Å². The van der Waals surface area contributed by atoms with Crippen molar-refractivity contribution in [3.63, 3.8) is 0 Å². The third kappa shape index (κ3) is 2.50. The fourth-order valence-corrected chi connectivity index (χ4v) is 2.60. The highest BCUT2D eigenvalue weighted by Crippen LogP contribution is 2.34. The number of carbonyl (C=O) groups is 2. The fourth-order valence-electron chi connectivity index (χ4n) is 2.60. The number of aliphatic imine (C=N–C) groups is 1. The van der Waals surface area contributed by atoms with Gasteiger partial charge in [-0.2, -0.15) is 0 Å². The Hall–Kier alpha value is -1.79. The summed E-state index contributed by atoms with van der Waals surface area (Å²) >= 11 is 0. The molecule has 3 amide bonds. The van der Waals surface area contributed by atoms with Crippen molar-refractivity contribution in [2.75, 3.05) is 27.2 Å². The predicted molar refractivity (Wildman–Crippen MR) is 71.6 cm³/mol. The van der Waals surface area contributed by atoms with Gasteiger partial charge in [-0.3, -0.25) is 14.7 Å². The average molecular weight is 267 g/mol. The summed E-state index contributed by atoms with van der Waals surface area (Å²) in [6, 6.07) is -0.300. The molecule has 1 spiro atoms. The summed E-state index contributed by atoms with van der Waals surface area (Å²) in [5.41, 5.74) is 5.03. The lowest BCUT2D eigenvalue weighted by Crippen LogP contribution is -2.44. The second-order valence-electron chi connectivity index (χ2n) is 5.31. The van der Waals surface area contributed by atoms with Gasteiger partial charge in [0.05, 0.1) is 13.1 Å². The van der Waals surface area contributed by atoms with Gasteiger partial charge < -0.3 is 16.0 Å². The number of rotatable bonds is 3. The molecule has 3 N–H and O–H groups in total. The Morgan fingerprint density at radius 1 is 1.42 bits per heavy atom. The van der Waals surface area contributed by atoms with Gasteiger partial charge in [-0.15, -0.1) is 0 Å². The highest BCUT2D eigenvalue weighted by molar-refractivity contribution is 6.07. The van der Waals surface area contributed by atoms with Crippen molar-refractivity contribution < 1.29 is 9.59 Å². The molecule has 7 nitrogen and oxygen atoms in total. The molecule has 0 unspecified atom stereocenters. The largest absolute Gasteiger partial charge is 0.370 e. The van der Waals surface area contributed by atoms with Crippen LogP contribution in [0.1, 0.15) is 25.7 Å². The lowest BCUT2D eigenvalue weighted by molar-refractivity contribution is -0.131. The summed E-state index contributed by atoms with van der Waals surface area (Å²) < 4.78 is 0. The number of imide groups is 1. The molecule has 0 bridgehead atoms. The number of nitrogens with two attached hydrogens (primary N) is 1. The molecule has 19 heavy (non-hydrogen) atoms. The highest BCUT2D eigenvalue weighted by Gasteiger charge is 2.52. The Balaban J connectivity index is 1.96. The molecule has 2 rings (SSSR count). The van der Waals surface area contributed by atoms with Gasteiger partial charge in [0.2, 0.25) is 0 Å². The van der Waals surface area contributed by atoms with E-state index >= 15 is 0 Å². The summed E-state index contributed by atoms with van der Waals surface area (Å²) in [6.45, 7) is 0.611. The molecule has 1 aliphatic carbocycles. The Morgan fingerprint density at radius 3 is 2.63 bits per heavy atom. The molecular weight excluding hydrogens is 246 g/mol. The van der Waals surface area contributed by atoms with Crippen molar-refractivity contribution in [2.24, 2.45) is 10.7 Å². The Labute approximate surface area is 112 Å². The molecule has 0 aromatic heterocycles. The zero-order valence-electron chi connectivity index (χ0n) is 11.5. The van der Waals surface area contributed by atoms with Gasteiger partial charge in [-0.05, 0) is 12.8 Å². The van der Waals surface area contributed by atoms with Crippen LogP contribution < -0.4 is 11.1 Å². The van der Waals surface area contributed by atoms with Crippen LogP contribution in [-0.4, -0.2) is 60.4 Å². The molecular formula is C12H21N5O2. The third-order valence-corrected chi connectivity index (χ3v) is 3.76. The van der Waals surface area contributed by atoms with Crippen LogP contribution in [0, 0.1) is 0 Å². The second-order valence-corrected chi connectivity index (χ2v) is 5.31. The minimum absolute atomic E-state index is 0.103. The number of hydrogen-bond acceptors (Lipinski definition) is 3. The first-order valence-electron chi connectivity index (χ1n) is 6.58. The van der Waals surface area contributed by atoms with Crippen molar-refractivity contribution in [2.45, 2.75) is 31.2 Å². The number of hydrogen-bond donors (Lipinski definition) is 2. The van der Waals surface area contributed by atoms with Gasteiger partial charge in [0.1, 0.15) is 5.54 Å². The van der Waals surface area contributed by atoms with Gasteiger partial charge in [0.15, 0.2) is 5.96 Å². The van der Waals surface area contributed by atoms with Crippen LogP contribution in [0.4, 0.5) is 4.79 Å². The van der Waals surface area contributed by atoms with Crippen LogP contribution in [0.2, 0.25) is 0 Å². The lowest BCUT2D eigenvalue weighted by Gasteiger charge is -2.19. The van der Waals surface area contributed by atoms with Crippen molar-refractivity contribution >= 4 is 17.9 Å². The van der Waals surface area contributed by atoms with Crippen LogP contribution in [-0.2, 0) is 4.79 Å². The van der Waals surface area contributed by atoms with E-state index in [1.807, 2.05) is 0 Å². The quantitative estimate of drug-likeness (QED) is 0.418. The monoisotopic (exact) mass is 267 g/mol. The van der Waals surface area contributed by atoms with Crippen LogP contribution in [0.3, 0.4) is 0 Å². The Bertz CT molecular complexity index is 412. The van der Waals surface area contributed by atoms with Crippen LogP contribution in [0.15, 0.2) is 4.99 Å². The summed E-state index contributed by atoms with van der Waals surface area (Å²) in [6.07, 6.45) is 3.48. The average Bonchev–Trinajstić information content (AvgIpc) is 2.90. The Morgan fingerprint density at radius 2 is 2.05 bits per heavy atom. The molecule has 2 fully saturated rings. The van der Waals surface area contributed by atoms with Gasteiger partial charge in [-0.25, -0.2) is 4.79 Å². The molecule has 1 aliphatic heterocycles. The van der Waals surface area contributed by atoms with Crippen LogP contribution >= 0.6 is 0 Å². The zero-order chi connectivity index (χ0) is 14.0. The normalized spacial score (nSPS) is 22.2. The van der Waals surface area contributed by atoms with Gasteiger partial charge >= 0.3 is 6.03 Å². The highest BCUT2D eigenvalue weighted by atomic mass is 16.2. The summed E-state index contributed by atoms with van der Waals surface area (Å²) in [7, 11) is 3.58.